The monoisotopic (exact) mass is 333 g/mol. The van der Waals surface area contributed by atoms with Gasteiger partial charge in [-0.3, -0.25) is 0 Å². The van der Waals surface area contributed by atoms with Crippen molar-refractivity contribution in [1.29, 1.82) is 0 Å². The van der Waals surface area contributed by atoms with Gasteiger partial charge in [0.2, 0.25) is 0 Å². The number of hydrogen-bond acceptors (Lipinski definition) is 2. The van der Waals surface area contributed by atoms with Gasteiger partial charge in [-0.05, 0) is 52.2 Å². The van der Waals surface area contributed by atoms with Gasteiger partial charge in [0, 0.05) is 18.8 Å². The van der Waals surface area contributed by atoms with Crippen molar-refractivity contribution in [2.75, 3.05) is 11.4 Å². The fraction of sp³-hybridized carbons (Fsp3) is 0.294. The van der Waals surface area contributed by atoms with Crippen molar-refractivity contribution in [2.45, 2.75) is 26.3 Å². The second-order valence-corrected chi connectivity index (χ2v) is 5.75. The smallest absolute Gasteiger partial charge is 0.129 e. The Morgan fingerprint density at radius 1 is 1.10 bits per heavy atom. The molecule has 2 aromatic carbocycles. The minimum absolute atomic E-state index is 0.286. The number of hydrogen-bond donors (Lipinski definition) is 1. The predicted molar refractivity (Wildman–Crippen MR) is 88.2 cm³/mol. The van der Waals surface area contributed by atoms with E-state index in [-0.39, 0.29) is 5.75 Å². The zero-order chi connectivity index (χ0) is 14.4. The van der Waals surface area contributed by atoms with Gasteiger partial charge in [0.15, 0.2) is 0 Å². The van der Waals surface area contributed by atoms with Gasteiger partial charge in [0.25, 0.3) is 0 Å². The first-order valence-electron chi connectivity index (χ1n) is 6.98. The van der Waals surface area contributed by atoms with E-state index in [4.69, 9.17) is 0 Å². The van der Waals surface area contributed by atoms with Gasteiger partial charge < -0.3 is 10.0 Å². The molecule has 2 aromatic rings. The van der Waals surface area contributed by atoms with E-state index in [0.29, 0.717) is 0 Å². The highest BCUT2D eigenvalue weighted by Gasteiger charge is 2.08. The normalized spacial score (nSPS) is 10.5. The summed E-state index contributed by atoms with van der Waals surface area (Å²) in [5.41, 5.74) is 2.43. The lowest BCUT2D eigenvalue weighted by atomic mass is 10.1. The molecule has 2 rings (SSSR count). The Morgan fingerprint density at radius 3 is 2.50 bits per heavy atom. The molecule has 1 N–H and O–H groups in total. The minimum atomic E-state index is 0.286. The number of nitrogens with zero attached hydrogens (tertiary/aromatic N) is 1. The summed E-state index contributed by atoms with van der Waals surface area (Å²) < 4.78 is 0.749. The molecule has 0 amide bonds. The van der Waals surface area contributed by atoms with Crippen LogP contribution in [0, 0.1) is 0 Å². The molecule has 0 unspecified atom stereocenters. The van der Waals surface area contributed by atoms with Gasteiger partial charge in [-0.15, -0.1) is 0 Å². The third-order valence-corrected chi connectivity index (χ3v) is 3.92. The highest BCUT2D eigenvalue weighted by molar-refractivity contribution is 9.10. The highest BCUT2D eigenvalue weighted by atomic mass is 79.9. The molecule has 0 fully saturated rings. The second-order valence-electron chi connectivity index (χ2n) is 4.90. The molecule has 2 nitrogen and oxygen atoms in total. The van der Waals surface area contributed by atoms with Crippen molar-refractivity contribution >= 4 is 21.6 Å². The molecule has 0 radical (unpaired) electrons. The molecule has 0 aliphatic carbocycles. The zero-order valence-corrected chi connectivity index (χ0v) is 13.3. The number of aromatic hydroxyl groups is 1. The van der Waals surface area contributed by atoms with Crippen molar-refractivity contribution in [3.63, 3.8) is 0 Å². The van der Waals surface area contributed by atoms with Crippen LogP contribution in [0.2, 0.25) is 0 Å². The van der Waals surface area contributed by atoms with Crippen molar-refractivity contribution in [3.8, 4) is 5.75 Å². The Labute approximate surface area is 129 Å². The lowest BCUT2D eigenvalue weighted by Crippen LogP contribution is -2.23. The molecule has 0 aliphatic rings. The van der Waals surface area contributed by atoms with E-state index < -0.39 is 0 Å². The molecule has 0 aliphatic heterocycles. The number of halogens is 1. The van der Waals surface area contributed by atoms with E-state index in [9.17, 15) is 5.11 Å². The Balaban J connectivity index is 2.17. The summed E-state index contributed by atoms with van der Waals surface area (Å²) in [5, 5.41) is 9.58. The zero-order valence-electron chi connectivity index (χ0n) is 11.7. The lowest BCUT2D eigenvalue weighted by molar-refractivity contribution is 0.471. The van der Waals surface area contributed by atoms with Crippen LogP contribution in [-0.4, -0.2) is 11.7 Å². The van der Waals surface area contributed by atoms with Gasteiger partial charge in [-0.2, -0.15) is 0 Å². The van der Waals surface area contributed by atoms with Crippen LogP contribution in [0.4, 0.5) is 5.69 Å². The fourth-order valence-corrected chi connectivity index (χ4v) is 2.58. The third kappa shape index (κ3) is 4.01. The summed E-state index contributed by atoms with van der Waals surface area (Å²) in [4.78, 5) is 2.38. The maximum Gasteiger partial charge on any atom is 0.129 e. The topological polar surface area (TPSA) is 23.5 Å². The first-order valence-corrected chi connectivity index (χ1v) is 7.77. The quantitative estimate of drug-likeness (QED) is 0.807. The molecule has 0 heterocycles. The van der Waals surface area contributed by atoms with Gasteiger partial charge >= 0.3 is 0 Å². The number of benzene rings is 2. The number of rotatable bonds is 6. The summed E-state index contributed by atoms with van der Waals surface area (Å²) in [7, 11) is 0. The SMILES string of the molecule is CCCCN(Cc1ccc(O)c(Br)c1)c1ccccc1. The standard InChI is InChI=1S/C17H20BrNO/c1-2-3-11-19(15-7-5-4-6-8-15)13-14-9-10-17(20)16(18)12-14/h4-10,12,20H,2-3,11,13H2,1H3. The lowest BCUT2D eigenvalue weighted by Gasteiger charge is -2.25. The van der Waals surface area contributed by atoms with Crippen LogP contribution in [0.15, 0.2) is 53.0 Å². The van der Waals surface area contributed by atoms with Gasteiger partial charge in [-0.25, -0.2) is 0 Å². The summed E-state index contributed by atoms with van der Waals surface area (Å²) in [6, 6.07) is 16.2. The molecule has 106 valence electrons. The van der Waals surface area contributed by atoms with Crippen molar-refractivity contribution in [1.82, 2.24) is 0 Å². The maximum absolute atomic E-state index is 9.58. The average molecular weight is 334 g/mol. The van der Waals surface area contributed by atoms with Crippen LogP contribution >= 0.6 is 15.9 Å². The molecule has 0 spiro atoms. The number of anilines is 1. The van der Waals surface area contributed by atoms with Crippen LogP contribution in [0.25, 0.3) is 0 Å². The number of phenolic OH excluding ortho intramolecular Hbond substituents is 1. The van der Waals surface area contributed by atoms with E-state index in [0.717, 1.165) is 17.6 Å². The summed E-state index contributed by atoms with van der Waals surface area (Å²) in [6.07, 6.45) is 2.36. The first kappa shape index (κ1) is 14.9. The van der Waals surface area contributed by atoms with Crippen LogP contribution < -0.4 is 4.90 Å². The molecular formula is C17H20BrNO. The average Bonchev–Trinajstić information content (AvgIpc) is 2.48. The molecule has 3 heteroatoms. The molecular weight excluding hydrogens is 314 g/mol. The Bertz CT molecular complexity index is 542. The Hall–Kier alpha value is -1.48. The van der Waals surface area contributed by atoms with E-state index in [1.807, 2.05) is 18.2 Å². The third-order valence-electron chi connectivity index (χ3n) is 3.29. The number of phenols is 1. The molecule has 0 saturated carbocycles. The highest BCUT2D eigenvalue weighted by Crippen LogP contribution is 2.26. The Morgan fingerprint density at radius 2 is 1.85 bits per heavy atom. The largest absolute Gasteiger partial charge is 0.507 e. The van der Waals surface area contributed by atoms with Crippen molar-refractivity contribution in [2.24, 2.45) is 0 Å². The fourth-order valence-electron chi connectivity index (χ4n) is 2.16. The van der Waals surface area contributed by atoms with Crippen LogP contribution in [0.5, 0.6) is 5.75 Å². The molecule has 0 aromatic heterocycles. The Kier molecular flexibility index (Phi) is 5.48. The van der Waals surface area contributed by atoms with Crippen molar-refractivity contribution < 1.29 is 5.11 Å². The minimum Gasteiger partial charge on any atom is -0.507 e. The molecule has 0 bridgehead atoms. The van der Waals surface area contributed by atoms with Crippen LogP contribution in [-0.2, 0) is 6.54 Å². The maximum atomic E-state index is 9.58. The summed E-state index contributed by atoms with van der Waals surface area (Å²) in [6.45, 7) is 4.10. The van der Waals surface area contributed by atoms with E-state index >= 15 is 0 Å². The second kappa shape index (κ2) is 7.34. The van der Waals surface area contributed by atoms with E-state index in [1.165, 1.54) is 24.1 Å². The van der Waals surface area contributed by atoms with E-state index in [1.54, 1.807) is 6.07 Å². The molecule has 0 atom stereocenters. The van der Waals surface area contributed by atoms with Gasteiger partial charge in [0.1, 0.15) is 5.75 Å². The first-order chi connectivity index (χ1) is 9.70. The molecule has 20 heavy (non-hydrogen) atoms. The van der Waals surface area contributed by atoms with Gasteiger partial charge in [0.05, 0.1) is 4.47 Å². The number of para-hydroxylation sites is 1. The van der Waals surface area contributed by atoms with Crippen LogP contribution in [0.1, 0.15) is 25.3 Å². The van der Waals surface area contributed by atoms with E-state index in [2.05, 4.69) is 52.0 Å². The summed E-state index contributed by atoms with van der Waals surface area (Å²) >= 11 is 3.38. The number of unbranched alkanes of at least 4 members (excludes halogenated alkanes) is 1. The van der Waals surface area contributed by atoms with Gasteiger partial charge in [-0.1, -0.05) is 37.6 Å². The summed E-state index contributed by atoms with van der Waals surface area (Å²) in [5.74, 6) is 0.286. The van der Waals surface area contributed by atoms with Crippen molar-refractivity contribution in [3.05, 3.63) is 58.6 Å². The molecule has 0 saturated heterocycles. The van der Waals surface area contributed by atoms with Crippen LogP contribution in [0.3, 0.4) is 0 Å². The predicted octanol–water partition coefficient (Wildman–Crippen LogP) is 4.96.